The van der Waals surface area contributed by atoms with Crippen LogP contribution in [-0.2, 0) is 9.53 Å². The van der Waals surface area contributed by atoms with Crippen molar-refractivity contribution in [1.29, 1.82) is 0 Å². The molecule has 0 saturated heterocycles. The van der Waals surface area contributed by atoms with Crippen molar-refractivity contribution in [3.8, 4) is 11.5 Å². The fraction of sp³-hybridized carbons (Fsp3) is 0.536. The van der Waals surface area contributed by atoms with E-state index in [1.807, 2.05) is 24.3 Å². The Hall–Kier alpha value is -2.73. The lowest BCUT2D eigenvalue weighted by molar-refractivity contribution is -0.146. The van der Waals surface area contributed by atoms with Gasteiger partial charge in [0.15, 0.2) is 6.10 Å². The summed E-state index contributed by atoms with van der Waals surface area (Å²) in [6.07, 6.45) is 9.92. The molecule has 1 atom stereocenters. The molecule has 34 heavy (non-hydrogen) atoms. The van der Waals surface area contributed by atoms with Gasteiger partial charge in [0.2, 0.25) is 0 Å². The van der Waals surface area contributed by atoms with Gasteiger partial charge in [-0.1, -0.05) is 58.8 Å². The van der Waals surface area contributed by atoms with Gasteiger partial charge in [-0.3, -0.25) is 0 Å². The first kappa shape index (κ1) is 27.5. The average molecular weight is 469 g/mol. The lowest BCUT2D eigenvalue weighted by Crippen LogP contribution is -2.26. The quantitative estimate of drug-likeness (QED) is 0.101. The van der Waals surface area contributed by atoms with Crippen LogP contribution in [0.25, 0.3) is 0 Å². The molecule has 0 bridgehead atoms. The van der Waals surface area contributed by atoms with Crippen molar-refractivity contribution in [2.45, 2.75) is 84.7 Å². The molecular formula is C28H40N2O4. The Morgan fingerprint density at radius 3 is 1.79 bits per heavy atom. The number of carbonyl (C=O) groups is 1. The fourth-order valence-electron chi connectivity index (χ4n) is 3.26. The summed E-state index contributed by atoms with van der Waals surface area (Å²) in [6, 6.07) is 14.5. The molecule has 0 aliphatic carbocycles. The lowest BCUT2D eigenvalue weighted by atomic mass is 10.2. The van der Waals surface area contributed by atoms with Crippen LogP contribution in [0.2, 0.25) is 0 Å². The summed E-state index contributed by atoms with van der Waals surface area (Å²) in [7, 11) is 0. The molecule has 0 saturated carbocycles. The van der Waals surface area contributed by atoms with Gasteiger partial charge in [-0.15, -0.1) is 0 Å². The molecule has 0 aliphatic rings. The van der Waals surface area contributed by atoms with Crippen LogP contribution in [0.5, 0.6) is 11.5 Å². The van der Waals surface area contributed by atoms with Crippen LogP contribution in [0.15, 0.2) is 58.8 Å². The minimum absolute atomic E-state index is 0.393. The molecule has 1 unspecified atom stereocenters. The van der Waals surface area contributed by atoms with Gasteiger partial charge in [-0.25, -0.2) is 4.79 Å². The van der Waals surface area contributed by atoms with E-state index >= 15 is 0 Å². The van der Waals surface area contributed by atoms with Gasteiger partial charge < -0.3 is 14.2 Å². The van der Waals surface area contributed by atoms with Crippen LogP contribution in [0.1, 0.15) is 78.6 Å². The zero-order valence-electron chi connectivity index (χ0n) is 21.0. The van der Waals surface area contributed by atoms with Crippen LogP contribution >= 0.6 is 0 Å². The highest BCUT2D eigenvalue weighted by Gasteiger charge is 2.15. The number of hydrogen-bond donors (Lipinski definition) is 0. The molecule has 6 heteroatoms. The monoisotopic (exact) mass is 468 g/mol. The van der Waals surface area contributed by atoms with Gasteiger partial charge in [-0.2, -0.15) is 10.2 Å². The first-order valence-corrected chi connectivity index (χ1v) is 12.7. The minimum atomic E-state index is -0.589. The summed E-state index contributed by atoms with van der Waals surface area (Å²) in [6.45, 7) is 7.42. The maximum absolute atomic E-state index is 12.2. The molecule has 0 fully saturated rings. The molecule has 0 N–H and O–H groups in total. The second kappa shape index (κ2) is 16.8. The van der Waals surface area contributed by atoms with Gasteiger partial charge in [-0.05, 0) is 68.3 Å². The number of unbranched alkanes of at least 4 members (excludes halogenated alkanes) is 7. The highest BCUT2D eigenvalue weighted by atomic mass is 16.6. The largest absolute Gasteiger partial charge is 0.494 e. The van der Waals surface area contributed by atoms with Crippen LogP contribution < -0.4 is 9.47 Å². The molecule has 2 rings (SSSR count). The third-order valence-corrected chi connectivity index (χ3v) is 5.39. The molecule has 0 radical (unpaired) electrons. The fourth-order valence-corrected chi connectivity index (χ4v) is 3.26. The summed E-state index contributed by atoms with van der Waals surface area (Å²) in [4.78, 5) is 12.2. The zero-order chi connectivity index (χ0) is 24.4. The number of ether oxygens (including phenoxy) is 3. The van der Waals surface area contributed by atoms with E-state index in [1.54, 1.807) is 31.2 Å². The van der Waals surface area contributed by atoms with E-state index < -0.39 is 12.1 Å². The van der Waals surface area contributed by atoms with E-state index in [9.17, 15) is 4.79 Å². The topological polar surface area (TPSA) is 69.5 Å². The molecule has 0 spiro atoms. The zero-order valence-corrected chi connectivity index (χ0v) is 21.0. The van der Waals surface area contributed by atoms with E-state index in [0.29, 0.717) is 18.0 Å². The van der Waals surface area contributed by atoms with Gasteiger partial charge in [0, 0.05) is 6.61 Å². The van der Waals surface area contributed by atoms with E-state index in [4.69, 9.17) is 14.2 Å². The maximum atomic E-state index is 12.2. The van der Waals surface area contributed by atoms with Crippen LogP contribution in [-0.4, -0.2) is 25.3 Å². The number of benzene rings is 2. The number of azo groups is 1. The maximum Gasteiger partial charge on any atom is 0.340 e. The summed E-state index contributed by atoms with van der Waals surface area (Å²) < 4.78 is 16.8. The smallest absolute Gasteiger partial charge is 0.340 e. The second-order valence-corrected chi connectivity index (χ2v) is 8.45. The minimum Gasteiger partial charge on any atom is -0.494 e. The predicted molar refractivity (Wildman–Crippen MR) is 137 cm³/mol. The third-order valence-electron chi connectivity index (χ3n) is 5.39. The number of carbonyl (C=O) groups excluding carboxylic acids is 1. The normalized spacial score (nSPS) is 12.1. The lowest BCUT2D eigenvalue weighted by Gasteiger charge is -2.12. The standard InChI is InChI=1S/C28H40N2O4/c1-4-6-8-10-12-21-32-23(3)28(31)34-27-19-15-25(16-20-27)30-29-24-13-17-26(18-14-24)33-22-11-9-7-5-2/h13-20,23H,4-12,21-22H2,1-3H3. The molecule has 2 aromatic rings. The molecule has 0 aliphatic heterocycles. The van der Waals surface area contributed by atoms with Crippen molar-refractivity contribution in [3.05, 3.63) is 48.5 Å². The molecule has 0 amide bonds. The molecular weight excluding hydrogens is 428 g/mol. The average Bonchev–Trinajstić information content (AvgIpc) is 2.86. The van der Waals surface area contributed by atoms with Gasteiger partial charge in [0.05, 0.1) is 18.0 Å². The molecule has 186 valence electrons. The van der Waals surface area contributed by atoms with Gasteiger partial charge >= 0.3 is 5.97 Å². The van der Waals surface area contributed by atoms with E-state index in [2.05, 4.69) is 24.1 Å². The second-order valence-electron chi connectivity index (χ2n) is 8.45. The summed E-state index contributed by atoms with van der Waals surface area (Å²) >= 11 is 0. The van der Waals surface area contributed by atoms with E-state index in [0.717, 1.165) is 37.3 Å². The number of rotatable bonds is 17. The molecule has 0 heterocycles. The number of esters is 1. The Morgan fingerprint density at radius 1 is 0.706 bits per heavy atom. The first-order valence-electron chi connectivity index (χ1n) is 12.7. The molecule has 6 nitrogen and oxygen atoms in total. The Labute approximate surface area is 204 Å². The Kier molecular flexibility index (Phi) is 13.6. The molecule has 2 aromatic carbocycles. The van der Waals surface area contributed by atoms with Crippen LogP contribution in [0, 0.1) is 0 Å². The van der Waals surface area contributed by atoms with Crippen LogP contribution in [0.3, 0.4) is 0 Å². The summed E-state index contributed by atoms with van der Waals surface area (Å²) in [5, 5.41) is 8.51. The van der Waals surface area contributed by atoms with Crippen LogP contribution in [0.4, 0.5) is 11.4 Å². The first-order chi connectivity index (χ1) is 16.6. The molecule has 0 aromatic heterocycles. The Morgan fingerprint density at radius 2 is 1.21 bits per heavy atom. The van der Waals surface area contributed by atoms with Gasteiger partial charge in [0.1, 0.15) is 11.5 Å². The van der Waals surface area contributed by atoms with Crippen molar-refractivity contribution in [1.82, 2.24) is 0 Å². The highest BCUT2D eigenvalue weighted by molar-refractivity contribution is 5.76. The number of hydrogen-bond acceptors (Lipinski definition) is 6. The Bertz CT molecular complexity index is 834. The third kappa shape index (κ3) is 11.4. The van der Waals surface area contributed by atoms with Crippen molar-refractivity contribution >= 4 is 17.3 Å². The van der Waals surface area contributed by atoms with Crippen molar-refractivity contribution in [2.24, 2.45) is 10.2 Å². The highest BCUT2D eigenvalue weighted by Crippen LogP contribution is 2.23. The van der Waals surface area contributed by atoms with Gasteiger partial charge in [0.25, 0.3) is 0 Å². The summed E-state index contributed by atoms with van der Waals surface area (Å²) in [5.41, 5.74) is 1.42. The predicted octanol–water partition coefficient (Wildman–Crippen LogP) is 8.34. The van der Waals surface area contributed by atoms with Crippen molar-refractivity contribution in [3.63, 3.8) is 0 Å². The van der Waals surface area contributed by atoms with E-state index in [1.165, 1.54) is 38.5 Å². The van der Waals surface area contributed by atoms with Crippen molar-refractivity contribution < 1.29 is 19.0 Å². The van der Waals surface area contributed by atoms with E-state index in [-0.39, 0.29) is 0 Å². The SMILES string of the molecule is CCCCCCCOC(C)C(=O)Oc1ccc(N=Nc2ccc(OCCCCCC)cc2)cc1. The Balaban J connectivity index is 1.72. The van der Waals surface area contributed by atoms with Crippen molar-refractivity contribution in [2.75, 3.05) is 13.2 Å². The summed E-state index contributed by atoms with van der Waals surface area (Å²) in [5.74, 6) is 0.912. The number of nitrogens with zero attached hydrogens (tertiary/aromatic N) is 2.